The Labute approximate surface area is 144 Å². The van der Waals surface area contributed by atoms with E-state index in [0.717, 1.165) is 18.0 Å². The Morgan fingerprint density at radius 3 is 2.57 bits per heavy atom. The zero-order valence-electron chi connectivity index (χ0n) is 14.2. The third kappa shape index (κ3) is 6.83. The molecule has 1 aliphatic heterocycles. The predicted molar refractivity (Wildman–Crippen MR) is 97.0 cm³/mol. The molecule has 128 valence electrons. The molecule has 1 aromatic rings. The molecule has 1 amide bonds. The Hall–Kier alpha value is -1.20. The maximum Gasteiger partial charge on any atom is 0.261 e. The highest BCUT2D eigenvalue weighted by atomic mass is 32.2. The van der Waals surface area contributed by atoms with E-state index in [-0.39, 0.29) is 5.91 Å². The van der Waals surface area contributed by atoms with Crippen LogP contribution in [0.1, 0.15) is 43.5 Å². The summed E-state index contributed by atoms with van der Waals surface area (Å²) in [6.07, 6.45) is 3.97. The molecule has 0 aliphatic carbocycles. The van der Waals surface area contributed by atoms with Crippen LogP contribution in [0.25, 0.3) is 0 Å². The van der Waals surface area contributed by atoms with Crippen LogP contribution in [0.5, 0.6) is 5.75 Å². The minimum absolute atomic E-state index is 0.0379. The summed E-state index contributed by atoms with van der Waals surface area (Å²) in [6.45, 7) is 8.37. The Balaban J connectivity index is 1.66. The quantitative estimate of drug-likeness (QED) is 0.582. The maximum atomic E-state index is 12.1. The number of ether oxygens (including phenoxy) is 1. The van der Waals surface area contributed by atoms with E-state index in [1.807, 2.05) is 24.3 Å². The van der Waals surface area contributed by atoms with E-state index in [4.69, 9.17) is 4.74 Å². The SMILES string of the molecule is CC(C)COc1ccc(C(=O)NSCCN2CCCCC2)cc1. The van der Waals surface area contributed by atoms with Crippen LogP contribution >= 0.6 is 11.9 Å². The number of benzene rings is 1. The molecule has 1 heterocycles. The summed E-state index contributed by atoms with van der Waals surface area (Å²) in [7, 11) is 0. The summed E-state index contributed by atoms with van der Waals surface area (Å²) in [4.78, 5) is 14.6. The van der Waals surface area contributed by atoms with E-state index < -0.39 is 0 Å². The van der Waals surface area contributed by atoms with Gasteiger partial charge in [-0.3, -0.25) is 9.52 Å². The van der Waals surface area contributed by atoms with Crippen LogP contribution in [0, 0.1) is 5.92 Å². The monoisotopic (exact) mass is 336 g/mol. The van der Waals surface area contributed by atoms with Crippen molar-refractivity contribution in [3.05, 3.63) is 29.8 Å². The Morgan fingerprint density at radius 1 is 1.22 bits per heavy atom. The highest BCUT2D eigenvalue weighted by Crippen LogP contribution is 2.14. The van der Waals surface area contributed by atoms with Crippen LogP contribution in [0.15, 0.2) is 24.3 Å². The molecule has 0 radical (unpaired) electrons. The fraction of sp³-hybridized carbons (Fsp3) is 0.611. The molecule has 1 saturated heterocycles. The molecule has 2 rings (SSSR count). The van der Waals surface area contributed by atoms with Gasteiger partial charge >= 0.3 is 0 Å². The molecule has 1 aromatic carbocycles. The van der Waals surface area contributed by atoms with Gasteiger partial charge in [-0.2, -0.15) is 0 Å². The second kappa shape index (κ2) is 9.83. The molecular formula is C18H28N2O2S. The van der Waals surface area contributed by atoms with Gasteiger partial charge in [-0.25, -0.2) is 0 Å². The first-order valence-corrected chi connectivity index (χ1v) is 9.51. The lowest BCUT2D eigenvalue weighted by molar-refractivity contribution is 0.0984. The molecule has 4 nitrogen and oxygen atoms in total. The average molecular weight is 337 g/mol. The number of hydrogen-bond donors (Lipinski definition) is 1. The van der Waals surface area contributed by atoms with Gasteiger partial charge < -0.3 is 9.64 Å². The summed E-state index contributed by atoms with van der Waals surface area (Å²) in [5.41, 5.74) is 0.673. The first kappa shape index (κ1) is 18.1. The zero-order valence-corrected chi connectivity index (χ0v) is 15.0. The second-order valence-corrected chi connectivity index (χ2v) is 7.31. The van der Waals surface area contributed by atoms with E-state index in [9.17, 15) is 4.79 Å². The molecule has 1 fully saturated rings. The van der Waals surface area contributed by atoms with Crippen molar-refractivity contribution in [2.24, 2.45) is 5.92 Å². The van der Waals surface area contributed by atoms with E-state index in [1.165, 1.54) is 44.3 Å². The highest BCUT2D eigenvalue weighted by molar-refractivity contribution is 7.97. The van der Waals surface area contributed by atoms with Gasteiger partial charge in [0.25, 0.3) is 5.91 Å². The Bertz CT molecular complexity index is 470. The number of nitrogens with one attached hydrogen (secondary N) is 1. The molecule has 1 N–H and O–H groups in total. The fourth-order valence-electron chi connectivity index (χ4n) is 2.50. The lowest BCUT2D eigenvalue weighted by atomic mass is 10.1. The third-order valence-electron chi connectivity index (χ3n) is 3.82. The zero-order chi connectivity index (χ0) is 16.5. The van der Waals surface area contributed by atoms with Gasteiger partial charge in [0.15, 0.2) is 0 Å². The molecule has 1 aliphatic rings. The first-order chi connectivity index (χ1) is 11.1. The van der Waals surface area contributed by atoms with Crippen molar-refractivity contribution in [2.75, 3.05) is 32.0 Å². The molecule has 0 atom stereocenters. The number of carbonyl (C=O) groups excluding carboxylic acids is 1. The molecule has 0 spiro atoms. The summed E-state index contributed by atoms with van der Waals surface area (Å²) in [5.74, 6) is 2.20. The topological polar surface area (TPSA) is 41.6 Å². The number of piperidine rings is 1. The molecule has 0 aromatic heterocycles. The van der Waals surface area contributed by atoms with Crippen molar-refractivity contribution in [1.82, 2.24) is 9.62 Å². The minimum atomic E-state index is -0.0379. The van der Waals surface area contributed by atoms with Crippen molar-refractivity contribution in [3.63, 3.8) is 0 Å². The van der Waals surface area contributed by atoms with Gasteiger partial charge in [0.05, 0.1) is 6.61 Å². The van der Waals surface area contributed by atoms with E-state index in [2.05, 4.69) is 23.5 Å². The lowest BCUT2D eigenvalue weighted by Crippen LogP contribution is -2.32. The first-order valence-electron chi connectivity index (χ1n) is 8.52. The van der Waals surface area contributed by atoms with Crippen molar-refractivity contribution >= 4 is 17.9 Å². The standard InChI is InChI=1S/C18H28N2O2S/c1-15(2)14-22-17-8-6-16(7-9-17)18(21)19-23-13-12-20-10-4-3-5-11-20/h6-9,15H,3-5,10-14H2,1-2H3,(H,19,21). The maximum absolute atomic E-state index is 12.1. The average Bonchev–Trinajstić information content (AvgIpc) is 2.58. The second-order valence-electron chi connectivity index (χ2n) is 6.41. The Kier molecular flexibility index (Phi) is 7.76. The number of rotatable bonds is 8. The summed E-state index contributed by atoms with van der Waals surface area (Å²) in [5, 5.41) is 0. The third-order valence-corrected chi connectivity index (χ3v) is 4.54. The van der Waals surface area contributed by atoms with Crippen LogP contribution in [0.2, 0.25) is 0 Å². The van der Waals surface area contributed by atoms with Gasteiger partial charge in [0.2, 0.25) is 0 Å². The number of nitrogens with zero attached hydrogens (tertiary/aromatic N) is 1. The number of carbonyl (C=O) groups is 1. The van der Waals surface area contributed by atoms with Crippen molar-refractivity contribution in [3.8, 4) is 5.75 Å². The van der Waals surface area contributed by atoms with Gasteiger partial charge in [0.1, 0.15) is 5.75 Å². The molecule has 0 bridgehead atoms. The van der Waals surface area contributed by atoms with Gasteiger partial charge in [-0.1, -0.05) is 20.3 Å². The molecule has 5 heteroatoms. The number of likely N-dealkylation sites (tertiary alicyclic amines) is 1. The number of amides is 1. The van der Waals surface area contributed by atoms with Gasteiger partial charge in [-0.05, 0) is 68.1 Å². The normalized spacial score (nSPS) is 15.6. The summed E-state index contributed by atoms with van der Waals surface area (Å²) < 4.78 is 8.54. The largest absolute Gasteiger partial charge is 0.493 e. The van der Waals surface area contributed by atoms with Gasteiger partial charge in [0, 0.05) is 17.9 Å². The Morgan fingerprint density at radius 2 is 1.91 bits per heavy atom. The predicted octanol–water partition coefficient (Wildman–Crippen LogP) is 3.59. The lowest BCUT2D eigenvalue weighted by Gasteiger charge is -2.25. The van der Waals surface area contributed by atoms with Crippen molar-refractivity contribution in [1.29, 1.82) is 0 Å². The highest BCUT2D eigenvalue weighted by Gasteiger charge is 2.10. The van der Waals surface area contributed by atoms with E-state index >= 15 is 0 Å². The van der Waals surface area contributed by atoms with Crippen LogP contribution in [-0.4, -0.2) is 42.8 Å². The van der Waals surface area contributed by atoms with Gasteiger partial charge in [-0.15, -0.1) is 0 Å². The fourth-order valence-corrected chi connectivity index (χ4v) is 3.20. The van der Waals surface area contributed by atoms with E-state index in [0.29, 0.717) is 18.1 Å². The minimum Gasteiger partial charge on any atom is -0.493 e. The van der Waals surface area contributed by atoms with Crippen LogP contribution in [-0.2, 0) is 0 Å². The molecular weight excluding hydrogens is 308 g/mol. The molecule has 0 saturated carbocycles. The van der Waals surface area contributed by atoms with Crippen molar-refractivity contribution < 1.29 is 9.53 Å². The summed E-state index contributed by atoms with van der Waals surface area (Å²) in [6, 6.07) is 7.35. The van der Waals surface area contributed by atoms with E-state index in [1.54, 1.807) is 0 Å². The molecule has 0 unspecified atom stereocenters. The summed E-state index contributed by atoms with van der Waals surface area (Å²) >= 11 is 1.50. The van der Waals surface area contributed by atoms with Crippen molar-refractivity contribution in [2.45, 2.75) is 33.1 Å². The number of hydrogen-bond acceptors (Lipinski definition) is 4. The molecule has 23 heavy (non-hydrogen) atoms. The van der Waals surface area contributed by atoms with Crippen LogP contribution < -0.4 is 9.46 Å². The van der Waals surface area contributed by atoms with Crippen LogP contribution in [0.3, 0.4) is 0 Å². The van der Waals surface area contributed by atoms with Crippen LogP contribution in [0.4, 0.5) is 0 Å². The smallest absolute Gasteiger partial charge is 0.261 e.